The van der Waals surface area contributed by atoms with Crippen LogP contribution in [0.5, 0.6) is 0 Å². The number of alkyl halides is 1. The zero-order valence-corrected chi connectivity index (χ0v) is 10.4. The lowest BCUT2D eigenvalue weighted by molar-refractivity contribution is -0.117. The zero-order chi connectivity index (χ0) is 14.2. The Morgan fingerprint density at radius 2 is 1.74 bits per heavy atom. The zero-order valence-electron chi connectivity index (χ0n) is 9.67. The van der Waals surface area contributed by atoms with Crippen molar-refractivity contribution in [3.63, 3.8) is 0 Å². The van der Waals surface area contributed by atoms with Gasteiger partial charge in [-0.2, -0.15) is 0 Å². The van der Waals surface area contributed by atoms with Crippen LogP contribution in [-0.4, -0.2) is 40.0 Å². The molecular weight excluding hydrogens is 274 g/mol. The van der Waals surface area contributed by atoms with Crippen molar-refractivity contribution in [2.75, 3.05) is 11.4 Å². The van der Waals surface area contributed by atoms with E-state index in [-0.39, 0.29) is 35.7 Å². The minimum atomic E-state index is -1.29. The predicted octanol–water partition coefficient (Wildman–Crippen LogP) is 1.43. The van der Waals surface area contributed by atoms with Gasteiger partial charge in [0.05, 0.1) is 22.2 Å². The van der Waals surface area contributed by atoms with E-state index in [0.717, 1.165) is 4.90 Å². The minimum Gasteiger partial charge on any atom is -0.478 e. The van der Waals surface area contributed by atoms with Gasteiger partial charge in [-0.25, -0.2) is 9.59 Å². The topological polar surface area (TPSA) is 94.9 Å². The van der Waals surface area contributed by atoms with Crippen LogP contribution in [0.1, 0.15) is 27.1 Å². The summed E-state index contributed by atoms with van der Waals surface area (Å²) in [6, 6.07) is 3.85. The number of benzene rings is 1. The fraction of sp³-hybridized carbons (Fsp3) is 0.250. The summed E-state index contributed by atoms with van der Waals surface area (Å²) < 4.78 is 0. The molecule has 1 amide bonds. The molecule has 100 valence electrons. The normalized spacial score (nSPS) is 18.7. The summed E-state index contributed by atoms with van der Waals surface area (Å²) in [4.78, 5) is 35.3. The maximum atomic E-state index is 11.8. The van der Waals surface area contributed by atoms with Gasteiger partial charge in [0.15, 0.2) is 0 Å². The molecule has 2 rings (SSSR count). The summed E-state index contributed by atoms with van der Waals surface area (Å²) in [6.45, 7) is 0.102. The summed E-state index contributed by atoms with van der Waals surface area (Å²) in [5, 5.41) is 17.8. The van der Waals surface area contributed by atoms with Crippen LogP contribution in [0.4, 0.5) is 5.69 Å². The number of carboxylic acid groups (broad SMARTS) is 2. The number of rotatable bonds is 3. The summed E-state index contributed by atoms with van der Waals surface area (Å²) in [5.74, 6) is -2.95. The van der Waals surface area contributed by atoms with Gasteiger partial charge in [0.2, 0.25) is 5.91 Å². The van der Waals surface area contributed by atoms with Crippen molar-refractivity contribution >= 4 is 35.1 Å². The fourth-order valence-electron chi connectivity index (χ4n) is 2.06. The number of carbonyl (C=O) groups is 3. The molecule has 1 unspecified atom stereocenters. The molecule has 0 bridgehead atoms. The van der Waals surface area contributed by atoms with Crippen LogP contribution in [0.25, 0.3) is 0 Å². The largest absolute Gasteiger partial charge is 0.478 e. The van der Waals surface area contributed by atoms with Crippen molar-refractivity contribution in [2.24, 2.45) is 0 Å². The molecule has 0 spiro atoms. The van der Waals surface area contributed by atoms with Gasteiger partial charge in [0, 0.05) is 13.0 Å². The number of halogens is 1. The first-order valence-electron chi connectivity index (χ1n) is 5.46. The van der Waals surface area contributed by atoms with Gasteiger partial charge >= 0.3 is 11.9 Å². The maximum absolute atomic E-state index is 11.8. The Bertz CT molecular complexity index is 539. The lowest BCUT2D eigenvalue weighted by atomic mass is 10.1. The summed E-state index contributed by atoms with van der Waals surface area (Å²) in [5.41, 5.74) is -0.548. The molecule has 0 aromatic heterocycles. The van der Waals surface area contributed by atoms with Gasteiger partial charge in [-0.05, 0) is 12.1 Å². The number of nitrogens with zero attached hydrogens (tertiary/aromatic N) is 1. The minimum absolute atomic E-state index is 0.0641. The van der Waals surface area contributed by atoms with Crippen LogP contribution in [0.3, 0.4) is 0 Å². The van der Waals surface area contributed by atoms with E-state index in [4.69, 9.17) is 21.8 Å². The van der Waals surface area contributed by atoms with E-state index in [2.05, 4.69) is 0 Å². The first kappa shape index (κ1) is 13.4. The number of aromatic carboxylic acids is 2. The van der Waals surface area contributed by atoms with Crippen LogP contribution >= 0.6 is 11.6 Å². The van der Waals surface area contributed by atoms with E-state index in [9.17, 15) is 14.4 Å². The van der Waals surface area contributed by atoms with Crippen LogP contribution in [0, 0.1) is 0 Å². The van der Waals surface area contributed by atoms with Crippen LogP contribution in [-0.2, 0) is 4.79 Å². The standard InChI is InChI=1S/C12H10ClNO5/c13-6-4-9(15)14(5-6)10-7(11(16)17)2-1-3-8(10)12(18)19/h1-3,6H,4-5H2,(H,16,17)(H,18,19). The summed E-state index contributed by atoms with van der Waals surface area (Å²) in [7, 11) is 0. The average molecular weight is 284 g/mol. The second kappa shape index (κ2) is 4.89. The van der Waals surface area contributed by atoms with E-state index in [1.54, 1.807) is 0 Å². The van der Waals surface area contributed by atoms with E-state index in [1.807, 2.05) is 0 Å². The molecule has 1 aliphatic rings. The van der Waals surface area contributed by atoms with Crippen LogP contribution in [0.2, 0.25) is 0 Å². The first-order chi connectivity index (χ1) is 8.91. The molecular formula is C12H10ClNO5. The second-order valence-electron chi connectivity index (χ2n) is 4.12. The quantitative estimate of drug-likeness (QED) is 0.818. The molecule has 1 aromatic rings. The van der Waals surface area contributed by atoms with Gasteiger partial charge in [0.25, 0.3) is 0 Å². The van der Waals surface area contributed by atoms with Crippen molar-refractivity contribution in [3.05, 3.63) is 29.3 Å². The summed E-state index contributed by atoms with van der Waals surface area (Å²) in [6.07, 6.45) is 0.0641. The molecule has 1 atom stereocenters. The van der Waals surface area contributed by atoms with Gasteiger partial charge in [-0.1, -0.05) is 6.07 Å². The molecule has 2 N–H and O–H groups in total. The molecule has 6 nitrogen and oxygen atoms in total. The van der Waals surface area contributed by atoms with E-state index < -0.39 is 17.3 Å². The number of hydrogen-bond acceptors (Lipinski definition) is 3. The first-order valence-corrected chi connectivity index (χ1v) is 5.89. The number of anilines is 1. The monoisotopic (exact) mass is 283 g/mol. The van der Waals surface area contributed by atoms with Crippen molar-refractivity contribution in [2.45, 2.75) is 11.8 Å². The average Bonchev–Trinajstić information content (AvgIpc) is 2.67. The predicted molar refractivity (Wildman–Crippen MR) is 67.0 cm³/mol. The number of para-hydroxylation sites is 1. The lowest BCUT2D eigenvalue weighted by Gasteiger charge is -2.20. The molecule has 0 radical (unpaired) electrons. The third-order valence-corrected chi connectivity index (χ3v) is 3.14. The molecule has 0 aliphatic carbocycles. The third-order valence-electron chi connectivity index (χ3n) is 2.84. The van der Waals surface area contributed by atoms with Crippen molar-refractivity contribution in [3.8, 4) is 0 Å². The highest BCUT2D eigenvalue weighted by Gasteiger charge is 2.34. The number of amides is 1. The van der Waals surface area contributed by atoms with E-state index >= 15 is 0 Å². The van der Waals surface area contributed by atoms with Crippen molar-refractivity contribution in [1.82, 2.24) is 0 Å². The van der Waals surface area contributed by atoms with Gasteiger partial charge < -0.3 is 15.1 Å². The maximum Gasteiger partial charge on any atom is 0.337 e. The third kappa shape index (κ3) is 2.39. The molecule has 1 saturated heterocycles. The van der Waals surface area contributed by atoms with E-state index in [1.165, 1.54) is 18.2 Å². The van der Waals surface area contributed by atoms with Gasteiger partial charge in [-0.15, -0.1) is 11.6 Å². The van der Waals surface area contributed by atoms with Gasteiger partial charge in [0.1, 0.15) is 0 Å². The van der Waals surface area contributed by atoms with Crippen molar-refractivity contribution in [1.29, 1.82) is 0 Å². The molecule has 1 heterocycles. The Labute approximate surface area is 113 Å². The Kier molecular flexibility index (Phi) is 3.44. The molecule has 1 aliphatic heterocycles. The van der Waals surface area contributed by atoms with Gasteiger partial charge in [-0.3, -0.25) is 4.79 Å². The van der Waals surface area contributed by atoms with Crippen LogP contribution < -0.4 is 4.90 Å². The number of carboxylic acids is 2. The lowest BCUT2D eigenvalue weighted by Crippen LogP contribution is -2.28. The van der Waals surface area contributed by atoms with Crippen molar-refractivity contribution < 1.29 is 24.6 Å². The highest BCUT2D eigenvalue weighted by molar-refractivity contribution is 6.24. The Morgan fingerprint density at radius 1 is 1.21 bits per heavy atom. The Morgan fingerprint density at radius 3 is 2.11 bits per heavy atom. The highest BCUT2D eigenvalue weighted by atomic mass is 35.5. The molecule has 1 fully saturated rings. The highest BCUT2D eigenvalue weighted by Crippen LogP contribution is 2.31. The Balaban J connectivity index is 2.62. The number of hydrogen-bond donors (Lipinski definition) is 2. The fourth-order valence-corrected chi connectivity index (χ4v) is 2.33. The smallest absolute Gasteiger partial charge is 0.337 e. The van der Waals surface area contributed by atoms with E-state index in [0.29, 0.717) is 0 Å². The molecule has 7 heteroatoms. The van der Waals surface area contributed by atoms with Crippen LogP contribution in [0.15, 0.2) is 18.2 Å². The number of carbonyl (C=O) groups excluding carboxylic acids is 1. The SMILES string of the molecule is O=C(O)c1cccc(C(=O)O)c1N1CC(Cl)CC1=O. The molecule has 1 aromatic carbocycles. The molecule has 19 heavy (non-hydrogen) atoms. The second-order valence-corrected chi connectivity index (χ2v) is 4.74. The summed E-state index contributed by atoms with van der Waals surface area (Å²) >= 11 is 5.86. The Hall–Kier alpha value is -2.08. The molecule has 0 saturated carbocycles.